The number of carbonyl (C=O) groups is 1. The van der Waals surface area contributed by atoms with E-state index in [2.05, 4.69) is 13.0 Å². The van der Waals surface area contributed by atoms with Gasteiger partial charge < -0.3 is 15.3 Å². The van der Waals surface area contributed by atoms with Gasteiger partial charge in [0, 0.05) is 5.41 Å². The van der Waals surface area contributed by atoms with E-state index < -0.39 is 17.6 Å². The minimum atomic E-state index is -0.859. The molecular weight excluding hydrogens is 292 g/mol. The molecule has 0 spiro atoms. The van der Waals surface area contributed by atoms with Crippen LogP contribution >= 0.6 is 0 Å². The predicted molar refractivity (Wildman–Crippen MR) is 85.5 cm³/mol. The summed E-state index contributed by atoms with van der Waals surface area (Å²) < 4.78 is 0. The summed E-state index contributed by atoms with van der Waals surface area (Å²) in [5, 5.41) is 31.1. The first-order valence-electron chi connectivity index (χ1n) is 9.05. The molecule has 4 aliphatic carbocycles. The van der Waals surface area contributed by atoms with Crippen LogP contribution in [0.4, 0.5) is 0 Å². The van der Waals surface area contributed by atoms with Crippen LogP contribution in [0.2, 0.25) is 0 Å². The maximum Gasteiger partial charge on any atom is 0.167 e. The number of hydrogen-bond acceptors (Lipinski definition) is 4. The Morgan fingerprint density at radius 2 is 1.91 bits per heavy atom. The lowest BCUT2D eigenvalue weighted by Gasteiger charge is -2.58. The van der Waals surface area contributed by atoms with Crippen molar-refractivity contribution in [3.05, 3.63) is 11.6 Å². The molecule has 4 heteroatoms. The summed E-state index contributed by atoms with van der Waals surface area (Å²) in [7, 11) is 0. The number of rotatable bonds is 0. The van der Waals surface area contributed by atoms with E-state index in [1.54, 1.807) is 0 Å². The van der Waals surface area contributed by atoms with Crippen molar-refractivity contribution in [2.45, 2.75) is 70.7 Å². The molecule has 0 radical (unpaired) electrons. The third-order valence-electron chi connectivity index (χ3n) is 7.75. The molecule has 4 aliphatic rings. The number of fused-ring (bicyclic) bond motifs is 5. The highest BCUT2D eigenvalue weighted by Crippen LogP contribution is 2.63. The van der Waals surface area contributed by atoms with Crippen molar-refractivity contribution in [1.29, 1.82) is 0 Å². The van der Waals surface area contributed by atoms with E-state index in [0.29, 0.717) is 12.8 Å². The highest BCUT2D eigenvalue weighted by atomic mass is 16.3. The van der Waals surface area contributed by atoms with Gasteiger partial charge in [-0.1, -0.05) is 25.5 Å². The van der Waals surface area contributed by atoms with Gasteiger partial charge in [0.1, 0.15) is 6.10 Å². The maximum atomic E-state index is 12.5. The van der Waals surface area contributed by atoms with Gasteiger partial charge in [-0.3, -0.25) is 4.79 Å². The van der Waals surface area contributed by atoms with Gasteiger partial charge in [0.2, 0.25) is 0 Å². The quantitative estimate of drug-likeness (QED) is 0.595. The second kappa shape index (κ2) is 4.90. The molecule has 0 aromatic heterocycles. The number of Topliss-reactive ketones (excluding diaryl/α,β-unsaturated/α-hetero) is 1. The van der Waals surface area contributed by atoms with Crippen LogP contribution < -0.4 is 0 Å². The van der Waals surface area contributed by atoms with Crippen LogP contribution in [0.5, 0.6) is 0 Å². The summed E-state index contributed by atoms with van der Waals surface area (Å²) >= 11 is 0. The molecule has 3 N–H and O–H groups in total. The highest BCUT2D eigenvalue weighted by Gasteiger charge is 2.63. The van der Waals surface area contributed by atoms with Crippen molar-refractivity contribution in [1.82, 2.24) is 0 Å². The van der Waals surface area contributed by atoms with Crippen LogP contribution in [0.1, 0.15) is 52.4 Å². The lowest BCUT2D eigenvalue weighted by Crippen LogP contribution is -2.56. The summed E-state index contributed by atoms with van der Waals surface area (Å²) in [5.41, 5.74) is 0.653. The SMILES string of the molecule is C[C@]12CC[C@@H](O)CC1=CC[C@@H]1[C@@H]2[C@@H](O)C[C@]2(C)C(=O)[C@H](O)C[C@@H]12. The first-order chi connectivity index (χ1) is 10.8. The molecule has 8 atom stereocenters. The average Bonchev–Trinajstić information content (AvgIpc) is 2.71. The molecular formula is C19H28O4. The third-order valence-corrected chi connectivity index (χ3v) is 7.75. The standard InChI is InChI=1S/C19H28O4/c1-18-6-5-11(20)7-10(18)3-4-12-13-8-14(21)17(23)19(13,2)9-15(22)16(12)18/h3,11-16,20-22H,4-9H2,1-2H3/t11-,12+,13+,14-,15+,16-,18+,19+/m1/s1. The summed E-state index contributed by atoms with van der Waals surface area (Å²) in [6.07, 6.45) is 4.93. The van der Waals surface area contributed by atoms with E-state index in [1.165, 1.54) is 5.57 Å². The number of carbonyl (C=O) groups excluding carboxylic acids is 1. The van der Waals surface area contributed by atoms with Crippen LogP contribution in [-0.4, -0.2) is 39.4 Å². The van der Waals surface area contributed by atoms with Crippen molar-refractivity contribution < 1.29 is 20.1 Å². The second-order valence-corrected chi connectivity index (χ2v) is 8.88. The molecule has 0 unspecified atom stereocenters. The Labute approximate surface area is 137 Å². The molecule has 0 aromatic carbocycles. The smallest absolute Gasteiger partial charge is 0.167 e. The minimum absolute atomic E-state index is 0.0700. The predicted octanol–water partition coefficient (Wildman–Crippen LogP) is 1.82. The van der Waals surface area contributed by atoms with Gasteiger partial charge in [0.05, 0.1) is 12.2 Å². The van der Waals surface area contributed by atoms with Gasteiger partial charge in [-0.15, -0.1) is 0 Å². The Balaban J connectivity index is 1.75. The maximum absolute atomic E-state index is 12.5. The number of aliphatic hydroxyl groups is 3. The zero-order chi connectivity index (χ0) is 16.6. The number of aliphatic hydroxyl groups excluding tert-OH is 3. The third kappa shape index (κ3) is 1.98. The average molecular weight is 320 g/mol. The van der Waals surface area contributed by atoms with Gasteiger partial charge in [-0.05, 0) is 61.7 Å². The minimum Gasteiger partial charge on any atom is -0.393 e. The monoisotopic (exact) mass is 320 g/mol. The van der Waals surface area contributed by atoms with Crippen molar-refractivity contribution in [2.75, 3.05) is 0 Å². The normalized spacial score (nSPS) is 55.7. The molecule has 0 saturated heterocycles. The van der Waals surface area contributed by atoms with E-state index in [0.717, 1.165) is 25.7 Å². The fraction of sp³-hybridized carbons (Fsp3) is 0.842. The first-order valence-corrected chi connectivity index (χ1v) is 9.05. The molecule has 4 nitrogen and oxygen atoms in total. The Morgan fingerprint density at radius 1 is 1.17 bits per heavy atom. The number of allylic oxidation sites excluding steroid dienone is 1. The van der Waals surface area contributed by atoms with Crippen LogP contribution in [-0.2, 0) is 4.79 Å². The fourth-order valence-corrected chi connectivity index (χ4v) is 6.57. The lowest BCUT2D eigenvalue weighted by molar-refractivity contribution is -0.147. The topological polar surface area (TPSA) is 77.8 Å². The first kappa shape index (κ1) is 15.8. The molecule has 0 aliphatic heterocycles. The van der Waals surface area contributed by atoms with Crippen LogP contribution in [0, 0.1) is 28.6 Å². The Hall–Kier alpha value is -0.710. The highest BCUT2D eigenvalue weighted by molar-refractivity contribution is 5.91. The Morgan fingerprint density at radius 3 is 2.65 bits per heavy atom. The summed E-state index contributed by atoms with van der Waals surface area (Å²) in [6.45, 7) is 4.18. The molecule has 0 aromatic rings. The van der Waals surface area contributed by atoms with Crippen LogP contribution in [0.25, 0.3) is 0 Å². The molecule has 0 bridgehead atoms. The Bertz CT molecular complexity index is 570. The molecule has 3 saturated carbocycles. The van der Waals surface area contributed by atoms with Crippen LogP contribution in [0.3, 0.4) is 0 Å². The van der Waals surface area contributed by atoms with Gasteiger partial charge in [0.15, 0.2) is 5.78 Å². The van der Waals surface area contributed by atoms with E-state index in [1.807, 2.05) is 6.92 Å². The van der Waals surface area contributed by atoms with E-state index in [9.17, 15) is 20.1 Å². The van der Waals surface area contributed by atoms with Crippen molar-refractivity contribution in [3.8, 4) is 0 Å². The van der Waals surface area contributed by atoms with E-state index >= 15 is 0 Å². The number of ketones is 1. The summed E-state index contributed by atoms with van der Waals surface area (Å²) in [4.78, 5) is 12.5. The van der Waals surface area contributed by atoms with Gasteiger partial charge in [-0.2, -0.15) is 0 Å². The molecule has 0 heterocycles. The summed E-state index contributed by atoms with van der Waals surface area (Å²) in [5.74, 6) is 0.499. The molecule has 0 amide bonds. The molecule has 4 rings (SSSR count). The van der Waals surface area contributed by atoms with Crippen molar-refractivity contribution >= 4 is 5.78 Å². The van der Waals surface area contributed by atoms with Crippen molar-refractivity contribution in [3.63, 3.8) is 0 Å². The molecule has 23 heavy (non-hydrogen) atoms. The van der Waals surface area contributed by atoms with Gasteiger partial charge in [-0.25, -0.2) is 0 Å². The van der Waals surface area contributed by atoms with Gasteiger partial charge >= 0.3 is 0 Å². The fourth-order valence-electron chi connectivity index (χ4n) is 6.57. The number of hydrogen-bond donors (Lipinski definition) is 3. The van der Waals surface area contributed by atoms with Crippen molar-refractivity contribution in [2.24, 2.45) is 28.6 Å². The van der Waals surface area contributed by atoms with E-state index in [-0.39, 0.29) is 35.1 Å². The van der Waals surface area contributed by atoms with E-state index in [4.69, 9.17) is 0 Å². The van der Waals surface area contributed by atoms with Gasteiger partial charge in [0.25, 0.3) is 0 Å². The lowest BCUT2D eigenvalue weighted by atomic mass is 9.47. The summed E-state index contributed by atoms with van der Waals surface area (Å²) in [6, 6.07) is 0. The molecule has 128 valence electrons. The largest absolute Gasteiger partial charge is 0.393 e. The second-order valence-electron chi connectivity index (χ2n) is 8.88. The Kier molecular flexibility index (Phi) is 3.37. The zero-order valence-corrected chi connectivity index (χ0v) is 14.0. The zero-order valence-electron chi connectivity index (χ0n) is 14.0. The molecule has 3 fully saturated rings. The van der Waals surface area contributed by atoms with Crippen LogP contribution in [0.15, 0.2) is 11.6 Å².